The van der Waals surface area contributed by atoms with E-state index in [1.165, 1.54) is 38.9 Å². The van der Waals surface area contributed by atoms with Crippen molar-refractivity contribution in [2.24, 2.45) is 0 Å². The van der Waals surface area contributed by atoms with E-state index in [-0.39, 0.29) is 0 Å². The van der Waals surface area contributed by atoms with E-state index < -0.39 is 0 Å². The third-order valence-corrected chi connectivity index (χ3v) is 9.65. The van der Waals surface area contributed by atoms with Gasteiger partial charge in [0.1, 0.15) is 0 Å². The molecular weight excluding hydrogens is 652 g/mol. The van der Waals surface area contributed by atoms with Gasteiger partial charge in [-0.3, -0.25) is 0 Å². The van der Waals surface area contributed by atoms with Crippen molar-refractivity contribution in [3.05, 3.63) is 152 Å². The van der Waals surface area contributed by atoms with E-state index in [9.17, 15) is 0 Å². The highest BCUT2D eigenvalue weighted by atomic mass is 79.9. The normalized spacial score (nSPS) is 11.0. The molecule has 0 heterocycles. The van der Waals surface area contributed by atoms with E-state index in [1.807, 2.05) is 24.3 Å². The maximum absolute atomic E-state index is 6.75. The molecule has 6 aromatic rings. The first-order valence-corrected chi connectivity index (χ1v) is 15.5. The lowest BCUT2D eigenvalue weighted by Gasteiger charge is -2.23. The minimum atomic E-state index is 0.735. The van der Waals surface area contributed by atoms with Gasteiger partial charge in [-0.25, -0.2) is 0 Å². The molecule has 0 aliphatic rings. The maximum atomic E-state index is 6.75. The van der Waals surface area contributed by atoms with Crippen LogP contribution in [0.25, 0.3) is 55.6 Å². The average molecular weight is 679 g/mol. The van der Waals surface area contributed by atoms with Crippen LogP contribution in [-0.4, -0.2) is 0 Å². The summed E-state index contributed by atoms with van der Waals surface area (Å²) in [5, 5.41) is 0.735. The lowest BCUT2D eigenvalue weighted by Crippen LogP contribution is -1.99. The first kappa shape index (κ1) is 27.7. The summed E-state index contributed by atoms with van der Waals surface area (Å²) < 4.78 is 2.15. The van der Waals surface area contributed by atoms with E-state index in [4.69, 9.17) is 11.6 Å². The van der Waals surface area contributed by atoms with Crippen LogP contribution < -0.4 is 0 Å². The first-order chi connectivity index (χ1) is 19.9. The highest BCUT2D eigenvalue weighted by molar-refractivity contribution is 9.11. The van der Waals surface area contributed by atoms with E-state index in [1.54, 1.807) is 0 Å². The Bertz CT molecular complexity index is 1810. The predicted octanol–water partition coefficient (Wildman–Crippen LogP) is 12.8. The Morgan fingerprint density at radius 1 is 0.439 bits per heavy atom. The largest absolute Gasteiger partial charge is 0.0837 e. The van der Waals surface area contributed by atoms with Gasteiger partial charge in [0.2, 0.25) is 0 Å². The molecule has 3 heteroatoms. The van der Waals surface area contributed by atoms with Crippen molar-refractivity contribution in [3.8, 4) is 55.6 Å². The fraction of sp³-hybridized carbons (Fsp3) is 0.0526. The number of hydrogen-bond donors (Lipinski definition) is 0. The van der Waals surface area contributed by atoms with Crippen LogP contribution in [0.4, 0.5) is 0 Å². The second-order valence-electron chi connectivity index (χ2n) is 10.2. The molecule has 6 aromatic carbocycles. The standard InChI is InChI=1S/C38H27Br2Cl/c1-24-35(26-13-5-3-6-14-26)36(27-15-7-4-8-16-27)25(2)38(40)37(24)30-22-28(31-17-9-11-19-33(31)39)21-29(23-30)32-18-10-12-20-34(32)41/h3-23H,1-2H3. The molecule has 0 N–H and O–H groups in total. The molecule has 0 amide bonds. The molecule has 0 bridgehead atoms. The van der Waals surface area contributed by atoms with Gasteiger partial charge < -0.3 is 0 Å². The van der Waals surface area contributed by atoms with Gasteiger partial charge in [0.15, 0.2) is 0 Å². The Morgan fingerprint density at radius 2 is 0.902 bits per heavy atom. The first-order valence-electron chi connectivity index (χ1n) is 13.5. The quantitative estimate of drug-likeness (QED) is 0.170. The third-order valence-electron chi connectivity index (χ3n) is 7.64. The fourth-order valence-corrected chi connectivity index (χ4v) is 7.19. The molecule has 0 aliphatic heterocycles. The Balaban J connectivity index is 1.70. The highest BCUT2D eigenvalue weighted by Gasteiger charge is 2.22. The molecule has 0 saturated heterocycles. The monoisotopic (exact) mass is 676 g/mol. The van der Waals surface area contributed by atoms with E-state index in [2.05, 4.69) is 149 Å². The molecule has 0 spiro atoms. The Labute approximate surface area is 263 Å². The number of rotatable bonds is 5. The van der Waals surface area contributed by atoms with Crippen molar-refractivity contribution < 1.29 is 0 Å². The molecule has 0 unspecified atom stereocenters. The summed E-state index contributed by atoms with van der Waals surface area (Å²) in [5.41, 5.74) is 14.0. The van der Waals surface area contributed by atoms with Gasteiger partial charge in [-0.05, 0) is 121 Å². The van der Waals surface area contributed by atoms with Crippen LogP contribution in [0.2, 0.25) is 5.02 Å². The number of benzene rings is 6. The van der Waals surface area contributed by atoms with Gasteiger partial charge in [-0.15, -0.1) is 0 Å². The van der Waals surface area contributed by atoms with E-state index >= 15 is 0 Å². The van der Waals surface area contributed by atoms with Crippen LogP contribution in [0, 0.1) is 13.8 Å². The molecule has 41 heavy (non-hydrogen) atoms. The van der Waals surface area contributed by atoms with Gasteiger partial charge >= 0.3 is 0 Å². The lowest BCUT2D eigenvalue weighted by molar-refractivity contribution is 1.35. The van der Waals surface area contributed by atoms with Crippen LogP contribution >= 0.6 is 43.5 Å². The summed E-state index contributed by atoms with van der Waals surface area (Å²) in [4.78, 5) is 0. The summed E-state index contributed by atoms with van der Waals surface area (Å²) in [7, 11) is 0. The topological polar surface area (TPSA) is 0 Å². The van der Waals surface area contributed by atoms with Crippen LogP contribution in [0.3, 0.4) is 0 Å². The van der Waals surface area contributed by atoms with E-state index in [0.717, 1.165) is 41.8 Å². The Hall–Kier alpha value is -3.43. The molecule has 6 rings (SSSR count). The summed E-state index contributed by atoms with van der Waals surface area (Å²) in [6.07, 6.45) is 0. The van der Waals surface area contributed by atoms with Gasteiger partial charge in [0.25, 0.3) is 0 Å². The van der Waals surface area contributed by atoms with Crippen LogP contribution in [0.1, 0.15) is 11.1 Å². The minimum absolute atomic E-state index is 0.735. The summed E-state index contributed by atoms with van der Waals surface area (Å²) >= 11 is 14.6. The Morgan fingerprint density at radius 3 is 1.49 bits per heavy atom. The zero-order valence-electron chi connectivity index (χ0n) is 22.8. The zero-order valence-corrected chi connectivity index (χ0v) is 26.7. The van der Waals surface area contributed by atoms with Crippen LogP contribution in [0.5, 0.6) is 0 Å². The Kier molecular flexibility index (Phi) is 7.99. The van der Waals surface area contributed by atoms with Crippen molar-refractivity contribution in [1.29, 1.82) is 0 Å². The van der Waals surface area contributed by atoms with Crippen molar-refractivity contribution >= 4 is 43.5 Å². The molecule has 0 atom stereocenters. The van der Waals surface area contributed by atoms with Crippen LogP contribution in [0.15, 0.2) is 136 Å². The summed E-state index contributed by atoms with van der Waals surface area (Å²) in [5.74, 6) is 0. The second-order valence-corrected chi connectivity index (χ2v) is 12.2. The molecular formula is C38H27Br2Cl. The fourth-order valence-electron chi connectivity index (χ4n) is 5.71. The number of halogens is 3. The van der Waals surface area contributed by atoms with Crippen molar-refractivity contribution in [2.75, 3.05) is 0 Å². The zero-order chi connectivity index (χ0) is 28.5. The third kappa shape index (κ3) is 5.33. The molecule has 0 aliphatic carbocycles. The molecule has 200 valence electrons. The molecule has 0 saturated carbocycles. The van der Waals surface area contributed by atoms with Gasteiger partial charge in [-0.2, -0.15) is 0 Å². The maximum Gasteiger partial charge on any atom is 0.0484 e. The smallest absolute Gasteiger partial charge is 0.0484 e. The van der Waals surface area contributed by atoms with Crippen LogP contribution in [-0.2, 0) is 0 Å². The van der Waals surface area contributed by atoms with Crippen molar-refractivity contribution in [3.63, 3.8) is 0 Å². The molecule has 0 radical (unpaired) electrons. The predicted molar refractivity (Wildman–Crippen MR) is 184 cm³/mol. The van der Waals surface area contributed by atoms with Crippen molar-refractivity contribution in [1.82, 2.24) is 0 Å². The van der Waals surface area contributed by atoms with Gasteiger partial charge in [0.05, 0.1) is 0 Å². The molecule has 0 fully saturated rings. The SMILES string of the molecule is Cc1c(Br)c(-c2cc(-c3ccccc3Cl)cc(-c3ccccc3Br)c2)c(C)c(-c2ccccc2)c1-c1ccccc1. The number of hydrogen-bond acceptors (Lipinski definition) is 0. The molecule has 0 nitrogen and oxygen atoms in total. The van der Waals surface area contributed by atoms with Crippen molar-refractivity contribution in [2.45, 2.75) is 13.8 Å². The second kappa shape index (κ2) is 11.8. The summed E-state index contributed by atoms with van der Waals surface area (Å²) in [6.45, 7) is 4.46. The molecule has 0 aromatic heterocycles. The average Bonchev–Trinajstić information content (AvgIpc) is 3.00. The van der Waals surface area contributed by atoms with Gasteiger partial charge in [0, 0.05) is 19.5 Å². The van der Waals surface area contributed by atoms with Gasteiger partial charge in [-0.1, -0.05) is 125 Å². The highest BCUT2D eigenvalue weighted by Crippen LogP contribution is 2.48. The lowest BCUT2D eigenvalue weighted by atomic mass is 9.82. The summed E-state index contributed by atoms with van der Waals surface area (Å²) in [6, 6.07) is 44.6. The van der Waals surface area contributed by atoms with E-state index in [0.29, 0.717) is 0 Å². The minimum Gasteiger partial charge on any atom is -0.0837 e.